The Labute approximate surface area is 129 Å². The first-order valence-electron chi connectivity index (χ1n) is 6.97. The van der Waals surface area contributed by atoms with Gasteiger partial charge in [-0.1, -0.05) is 30.7 Å². The van der Waals surface area contributed by atoms with Crippen LogP contribution in [0.1, 0.15) is 24.5 Å². The van der Waals surface area contributed by atoms with Gasteiger partial charge in [-0.3, -0.25) is 0 Å². The van der Waals surface area contributed by atoms with E-state index in [1.54, 1.807) is 6.07 Å². The summed E-state index contributed by atoms with van der Waals surface area (Å²) in [5, 5.41) is 0.0849. The molecule has 0 aromatic heterocycles. The SMILES string of the molecule is CCC(N)Cc1ccc(C)c(Oc2ccc(Cl)c(F)c2)c1. The van der Waals surface area contributed by atoms with Crippen LogP contribution in [0.15, 0.2) is 36.4 Å². The first-order chi connectivity index (χ1) is 9.99. The predicted molar refractivity (Wildman–Crippen MR) is 84.6 cm³/mol. The van der Waals surface area contributed by atoms with E-state index in [1.165, 1.54) is 12.1 Å². The molecule has 0 radical (unpaired) electrons. The number of ether oxygens (including phenoxy) is 1. The Hall–Kier alpha value is -1.58. The fourth-order valence-corrected chi connectivity index (χ4v) is 2.11. The number of hydrogen-bond acceptors (Lipinski definition) is 2. The zero-order valence-corrected chi connectivity index (χ0v) is 13.0. The number of benzene rings is 2. The highest BCUT2D eigenvalue weighted by Crippen LogP contribution is 2.28. The molecule has 1 atom stereocenters. The Morgan fingerprint density at radius 2 is 2.00 bits per heavy atom. The minimum absolute atomic E-state index is 0.0849. The highest BCUT2D eigenvalue weighted by atomic mass is 35.5. The van der Waals surface area contributed by atoms with Crippen LogP contribution in [-0.4, -0.2) is 6.04 Å². The summed E-state index contributed by atoms with van der Waals surface area (Å²) < 4.78 is 19.2. The van der Waals surface area contributed by atoms with Crippen molar-refractivity contribution < 1.29 is 9.13 Å². The smallest absolute Gasteiger partial charge is 0.145 e. The van der Waals surface area contributed by atoms with Crippen LogP contribution < -0.4 is 10.5 Å². The summed E-state index contributed by atoms with van der Waals surface area (Å²) in [5.74, 6) is 0.644. The molecule has 0 aliphatic rings. The Morgan fingerprint density at radius 3 is 2.67 bits per heavy atom. The number of halogens is 2. The largest absolute Gasteiger partial charge is 0.457 e. The third-order valence-electron chi connectivity index (χ3n) is 3.39. The van der Waals surface area contributed by atoms with Crippen molar-refractivity contribution in [2.45, 2.75) is 32.7 Å². The molecule has 4 heteroatoms. The lowest BCUT2D eigenvalue weighted by Crippen LogP contribution is -2.21. The molecular formula is C17H19ClFNO. The van der Waals surface area contributed by atoms with Crippen molar-refractivity contribution in [3.8, 4) is 11.5 Å². The summed E-state index contributed by atoms with van der Waals surface area (Å²) in [4.78, 5) is 0. The van der Waals surface area contributed by atoms with Crippen LogP contribution in [0.25, 0.3) is 0 Å². The molecule has 2 aromatic carbocycles. The van der Waals surface area contributed by atoms with E-state index in [9.17, 15) is 4.39 Å². The second-order valence-electron chi connectivity index (χ2n) is 5.15. The van der Waals surface area contributed by atoms with E-state index in [-0.39, 0.29) is 11.1 Å². The molecule has 0 aliphatic carbocycles. The fraction of sp³-hybridized carbons (Fsp3) is 0.294. The monoisotopic (exact) mass is 307 g/mol. The van der Waals surface area contributed by atoms with Crippen LogP contribution in [0.5, 0.6) is 11.5 Å². The molecule has 0 bridgehead atoms. The van der Waals surface area contributed by atoms with Crippen molar-refractivity contribution in [2.24, 2.45) is 5.73 Å². The molecule has 0 amide bonds. The van der Waals surface area contributed by atoms with Gasteiger partial charge in [0, 0.05) is 12.1 Å². The molecule has 2 aromatic rings. The molecule has 0 fully saturated rings. The highest BCUT2D eigenvalue weighted by Gasteiger charge is 2.08. The zero-order chi connectivity index (χ0) is 15.4. The van der Waals surface area contributed by atoms with Gasteiger partial charge in [-0.15, -0.1) is 0 Å². The fourth-order valence-electron chi connectivity index (χ4n) is 2.00. The van der Waals surface area contributed by atoms with E-state index in [0.717, 1.165) is 24.0 Å². The molecule has 0 saturated carbocycles. The summed E-state index contributed by atoms with van der Waals surface area (Å²) in [6, 6.07) is 10.5. The van der Waals surface area contributed by atoms with Crippen LogP contribution >= 0.6 is 11.6 Å². The molecule has 0 saturated heterocycles. The minimum Gasteiger partial charge on any atom is -0.457 e. The first kappa shape index (κ1) is 15.8. The summed E-state index contributed by atoms with van der Waals surface area (Å²) in [5.41, 5.74) is 8.07. The normalized spacial score (nSPS) is 12.2. The van der Waals surface area contributed by atoms with Gasteiger partial charge in [0.15, 0.2) is 0 Å². The minimum atomic E-state index is -0.490. The van der Waals surface area contributed by atoms with E-state index < -0.39 is 5.82 Å². The van der Waals surface area contributed by atoms with E-state index in [4.69, 9.17) is 22.1 Å². The summed E-state index contributed by atoms with van der Waals surface area (Å²) in [6.07, 6.45) is 1.72. The maximum Gasteiger partial charge on any atom is 0.145 e. The Morgan fingerprint density at radius 1 is 1.24 bits per heavy atom. The molecule has 0 spiro atoms. The van der Waals surface area contributed by atoms with Crippen molar-refractivity contribution in [1.82, 2.24) is 0 Å². The molecule has 1 unspecified atom stereocenters. The van der Waals surface area contributed by atoms with Gasteiger partial charge in [-0.25, -0.2) is 4.39 Å². The number of hydrogen-bond donors (Lipinski definition) is 1. The molecule has 112 valence electrons. The second kappa shape index (κ2) is 6.92. The molecule has 2 N–H and O–H groups in total. The quantitative estimate of drug-likeness (QED) is 0.856. The van der Waals surface area contributed by atoms with E-state index in [0.29, 0.717) is 11.5 Å². The number of rotatable bonds is 5. The number of aryl methyl sites for hydroxylation is 1. The van der Waals surface area contributed by atoms with Gasteiger partial charge in [-0.2, -0.15) is 0 Å². The highest BCUT2D eigenvalue weighted by molar-refractivity contribution is 6.30. The lowest BCUT2D eigenvalue weighted by molar-refractivity contribution is 0.472. The van der Waals surface area contributed by atoms with Gasteiger partial charge >= 0.3 is 0 Å². The van der Waals surface area contributed by atoms with Gasteiger partial charge in [-0.05, 0) is 49.1 Å². The standard InChI is InChI=1S/C17H19ClFNO/c1-3-13(20)8-12-5-4-11(2)17(9-12)21-14-6-7-15(18)16(19)10-14/h4-7,9-10,13H,3,8,20H2,1-2H3. The van der Waals surface area contributed by atoms with E-state index >= 15 is 0 Å². The predicted octanol–water partition coefficient (Wildman–Crippen LogP) is 4.86. The maximum atomic E-state index is 13.5. The lowest BCUT2D eigenvalue weighted by atomic mass is 10.0. The van der Waals surface area contributed by atoms with Crippen molar-refractivity contribution >= 4 is 11.6 Å². The van der Waals surface area contributed by atoms with Crippen LogP contribution in [0.2, 0.25) is 5.02 Å². The zero-order valence-electron chi connectivity index (χ0n) is 12.2. The van der Waals surface area contributed by atoms with Gasteiger partial charge in [0.2, 0.25) is 0 Å². The van der Waals surface area contributed by atoms with Gasteiger partial charge in [0.1, 0.15) is 17.3 Å². The van der Waals surface area contributed by atoms with Crippen LogP contribution in [0.4, 0.5) is 4.39 Å². The van der Waals surface area contributed by atoms with Gasteiger partial charge in [0.05, 0.1) is 5.02 Å². The molecule has 21 heavy (non-hydrogen) atoms. The summed E-state index contributed by atoms with van der Waals surface area (Å²) in [6.45, 7) is 4.01. The molecule has 0 heterocycles. The second-order valence-corrected chi connectivity index (χ2v) is 5.56. The van der Waals surface area contributed by atoms with Crippen molar-refractivity contribution in [1.29, 1.82) is 0 Å². The van der Waals surface area contributed by atoms with Crippen LogP contribution in [-0.2, 0) is 6.42 Å². The average molecular weight is 308 g/mol. The van der Waals surface area contributed by atoms with Crippen molar-refractivity contribution in [3.63, 3.8) is 0 Å². The Bertz CT molecular complexity index is 630. The Kier molecular flexibility index (Phi) is 5.21. The molecule has 2 rings (SSSR count). The average Bonchev–Trinajstić information content (AvgIpc) is 2.46. The summed E-state index contributed by atoms with van der Waals surface area (Å²) >= 11 is 5.67. The van der Waals surface area contributed by atoms with Crippen LogP contribution in [0.3, 0.4) is 0 Å². The van der Waals surface area contributed by atoms with Crippen LogP contribution in [0, 0.1) is 12.7 Å². The topological polar surface area (TPSA) is 35.2 Å². The van der Waals surface area contributed by atoms with E-state index in [1.807, 2.05) is 25.1 Å². The summed E-state index contributed by atoms with van der Waals surface area (Å²) in [7, 11) is 0. The Balaban J connectivity index is 2.22. The van der Waals surface area contributed by atoms with E-state index in [2.05, 4.69) is 6.92 Å². The third kappa shape index (κ3) is 4.19. The maximum absolute atomic E-state index is 13.5. The lowest BCUT2D eigenvalue weighted by Gasteiger charge is -2.13. The van der Waals surface area contributed by atoms with Gasteiger partial charge < -0.3 is 10.5 Å². The first-order valence-corrected chi connectivity index (χ1v) is 7.35. The van der Waals surface area contributed by atoms with Crippen molar-refractivity contribution in [3.05, 3.63) is 58.4 Å². The number of nitrogens with two attached hydrogens (primary N) is 1. The van der Waals surface area contributed by atoms with Crippen molar-refractivity contribution in [2.75, 3.05) is 0 Å². The third-order valence-corrected chi connectivity index (χ3v) is 3.70. The molecule has 2 nitrogen and oxygen atoms in total. The van der Waals surface area contributed by atoms with Gasteiger partial charge in [0.25, 0.3) is 0 Å². The molecular weight excluding hydrogens is 289 g/mol. The molecule has 0 aliphatic heterocycles.